The fraction of sp³-hybridized carbons (Fsp3) is 0.320. The molecule has 32 heavy (non-hydrogen) atoms. The molecule has 3 aromatic rings. The first-order valence-electron chi connectivity index (χ1n) is 10.8. The van der Waals surface area contributed by atoms with Crippen molar-refractivity contribution in [2.24, 2.45) is 0 Å². The van der Waals surface area contributed by atoms with E-state index in [0.29, 0.717) is 5.75 Å². The van der Waals surface area contributed by atoms with E-state index < -0.39 is 0 Å². The van der Waals surface area contributed by atoms with E-state index >= 15 is 0 Å². The first-order chi connectivity index (χ1) is 15.7. The highest BCUT2D eigenvalue weighted by molar-refractivity contribution is 5.91. The third kappa shape index (κ3) is 6.35. The van der Waals surface area contributed by atoms with Gasteiger partial charge in [0.05, 0.1) is 19.9 Å². The maximum absolute atomic E-state index is 12.2. The smallest absolute Gasteiger partial charge is 0.262 e. The van der Waals surface area contributed by atoms with Gasteiger partial charge >= 0.3 is 0 Å². The van der Waals surface area contributed by atoms with E-state index in [4.69, 9.17) is 13.9 Å². The van der Waals surface area contributed by atoms with Crippen molar-refractivity contribution < 1.29 is 18.7 Å². The Bertz CT molecular complexity index is 963. The number of nitrogens with zero attached hydrogens (tertiary/aromatic N) is 2. The number of hydrogen-bond acceptors (Lipinski definition) is 6. The SMILES string of the molecule is COc1ccc(OCC(=O)Nc2ccc(CN3CCN(Cc4ccco4)CC3)cc2)cc1. The number of nitrogens with one attached hydrogen (secondary N) is 1. The molecule has 1 aromatic heterocycles. The van der Waals surface area contributed by atoms with Gasteiger partial charge in [-0.15, -0.1) is 0 Å². The number of carbonyl (C=O) groups is 1. The molecule has 7 nitrogen and oxygen atoms in total. The quantitative estimate of drug-likeness (QED) is 0.554. The minimum absolute atomic E-state index is 0.0453. The number of benzene rings is 2. The summed E-state index contributed by atoms with van der Waals surface area (Å²) in [5, 5.41) is 2.87. The van der Waals surface area contributed by atoms with E-state index in [1.807, 2.05) is 24.3 Å². The molecule has 2 heterocycles. The maximum Gasteiger partial charge on any atom is 0.262 e. The van der Waals surface area contributed by atoms with Crippen LogP contribution in [0.15, 0.2) is 71.3 Å². The summed E-state index contributed by atoms with van der Waals surface area (Å²) in [6.45, 7) is 5.85. The lowest BCUT2D eigenvalue weighted by atomic mass is 10.1. The number of amides is 1. The summed E-state index contributed by atoms with van der Waals surface area (Å²) in [5.41, 5.74) is 2.00. The molecule has 0 radical (unpaired) electrons. The molecule has 1 aliphatic heterocycles. The summed E-state index contributed by atoms with van der Waals surface area (Å²) < 4.78 is 16.1. The Kier molecular flexibility index (Phi) is 7.42. The molecule has 1 saturated heterocycles. The number of methoxy groups -OCH3 is 1. The van der Waals surface area contributed by atoms with Crippen LogP contribution in [0.5, 0.6) is 11.5 Å². The molecule has 1 fully saturated rings. The molecule has 0 unspecified atom stereocenters. The summed E-state index contributed by atoms with van der Waals surface area (Å²) in [7, 11) is 1.61. The summed E-state index contributed by atoms with van der Waals surface area (Å²) in [6, 6.07) is 19.1. The van der Waals surface area contributed by atoms with Crippen LogP contribution in [0.1, 0.15) is 11.3 Å². The zero-order chi connectivity index (χ0) is 22.2. The van der Waals surface area contributed by atoms with Gasteiger partial charge in [-0.3, -0.25) is 14.6 Å². The number of hydrogen-bond donors (Lipinski definition) is 1. The Morgan fingerprint density at radius 2 is 1.56 bits per heavy atom. The molecule has 4 rings (SSSR count). The zero-order valence-electron chi connectivity index (χ0n) is 18.3. The number of furan rings is 1. The van der Waals surface area contributed by atoms with Gasteiger partial charge in [-0.2, -0.15) is 0 Å². The normalized spacial score (nSPS) is 14.8. The minimum Gasteiger partial charge on any atom is -0.497 e. The lowest BCUT2D eigenvalue weighted by Crippen LogP contribution is -2.45. The molecule has 1 amide bonds. The van der Waals surface area contributed by atoms with Crippen LogP contribution < -0.4 is 14.8 Å². The zero-order valence-corrected chi connectivity index (χ0v) is 18.3. The van der Waals surface area contributed by atoms with Crippen molar-refractivity contribution in [1.82, 2.24) is 9.80 Å². The van der Waals surface area contributed by atoms with E-state index in [0.717, 1.165) is 56.5 Å². The molecular weight excluding hydrogens is 406 g/mol. The molecule has 0 bridgehead atoms. The fourth-order valence-corrected chi connectivity index (χ4v) is 3.70. The van der Waals surface area contributed by atoms with Crippen LogP contribution >= 0.6 is 0 Å². The van der Waals surface area contributed by atoms with E-state index in [1.165, 1.54) is 5.56 Å². The highest BCUT2D eigenvalue weighted by Crippen LogP contribution is 2.17. The molecule has 0 atom stereocenters. The van der Waals surface area contributed by atoms with Gasteiger partial charge in [0.1, 0.15) is 17.3 Å². The van der Waals surface area contributed by atoms with Crippen LogP contribution in [-0.4, -0.2) is 55.6 Å². The topological polar surface area (TPSA) is 67.2 Å². The van der Waals surface area contributed by atoms with Gasteiger partial charge in [0.2, 0.25) is 0 Å². The van der Waals surface area contributed by atoms with Crippen LogP contribution in [0.25, 0.3) is 0 Å². The second-order valence-corrected chi connectivity index (χ2v) is 7.84. The lowest BCUT2D eigenvalue weighted by Gasteiger charge is -2.34. The first-order valence-corrected chi connectivity index (χ1v) is 10.8. The number of carbonyl (C=O) groups excluding carboxylic acids is 1. The van der Waals surface area contributed by atoms with E-state index in [2.05, 4.69) is 27.2 Å². The largest absolute Gasteiger partial charge is 0.497 e. The summed E-state index contributed by atoms with van der Waals surface area (Å²) in [5.74, 6) is 2.20. The predicted octanol–water partition coefficient (Wildman–Crippen LogP) is 3.62. The fourth-order valence-electron chi connectivity index (χ4n) is 3.70. The van der Waals surface area contributed by atoms with Crippen LogP contribution in [0.2, 0.25) is 0 Å². The first kappa shape index (κ1) is 21.9. The second kappa shape index (κ2) is 10.8. The standard InChI is InChI=1S/C25H29N3O4/c1-30-22-8-10-23(11-9-22)32-19-25(29)26-21-6-4-20(5-7-21)17-27-12-14-28(15-13-27)18-24-3-2-16-31-24/h2-11,16H,12-15,17-19H2,1H3,(H,26,29). The summed E-state index contributed by atoms with van der Waals surface area (Å²) >= 11 is 0. The van der Waals surface area contributed by atoms with Gasteiger partial charge in [0, 0.05) is 38.4 Å². The van der Waals surface area contributed by atoms with Crippen molar-refractivity contribution in [2.75, 3.05) is 45.2 Å². The lowest BCUT2D eigenvalue weighted by molar-refractivity contribution is -0.118. The van der Waals surface area contributed by atoms with Crippen molar-refractivity contribution >= 4 is 11.6 Å². The van der Waals surface area contributed by atoms with Crippen LogP contribution in [0.3, 0.4) is 0 Å². The molecule has 0 saturated carbocycles. The van der Waals surface area contributed by atoms with Crippen molar-refractivity contribution in [3.63, 3.8) is 0 Å². The molecule has 1 aliphatic rings. The highest BCUT2D eigenvalue weighted by Gasteiger charge is 2.17. The summed E-state index contributed by atoms with van der Waals surface area (Å²) in [6.07, 6.45) is 1.73. The van der Waals surface area contributed by atoms with E-state index in [9.17, 15) is 4.79 Å². The monoisotopic (exact) mass is 435 g/mol. The van der Waals surface area contributed by atoms with E-state index in [-0.39, 0.29) is 12.5 Å². The number of rotatable bonds is 9. The Balaban J connectivity index is 1.18. The van der Waals surface area contributed by atoms with Gasteiger partial charge in [0.15, 0.2) is 6.61 Å². The molecule has 0 spiro atoms. The Morgan fingerprint density at radius 1 is 0.906 bits per heavy atom. The average molecular weight is 436 g/mol. The molecule has 1 N–H and O–H groups in total. The molecule has 2 aromatic carbocycles. The van der Waals surface area contributed by atoms with Gasteiger partial charge in [-0.1, -0.05) is 12.1 Å². The Hall–Kier alpha value is -3.29. The third-order valence-corrected chi connectivity index (χ3v) is 5.50. The molecule has 0 aliphatic carbocycles. The van der Waals surface area contributed by atoms with Gasteiger partial charge < -0.3 is 19.2 Å². The average Bonchev–Trinajstić information content (AvgIpc) is 3.34. The number of piperazine rings is 1. The third-order valence-electron chi connectivity index (χ3n) is 5.50. The molecule has 7 heteroatoms. The molecular formula is C25H29N3O4. The minimum atomic E-state index is -0.193. The van der Waals surface area contributed by atoms with Crippen LogP contribution in [-0.2, 0) is 17.9 Å². The van der Waals surface area contributed by atoms with Crippen LogP contribution in [0.4, 0.5) is 5.69 Å². The highest BCUT2D eigenvalue weighted by atomic mass is 16.5. The van der Waals surface area contributed by atoms with Gasteiger partial charge in [-0.05, 0) is 54.1 Å². The van der Waals surface area contributed by atoms with Crippen molar-refractivity contribution in [3.8, 4) is 11.5 Å². The van der Waals surface area contributed by atoms with Crippen LogP contribution in [0, 0.1) is 0 Å². The van der Waals surface area contributed by atoms with Gasteiger partial charge in [-0.25, -0.2) is 0 Å². The van der Waals surface area contributed by atoms with Crippen molar-refractivity contribution in [3.05, 3.63) is 78.3 Å². The molecule has 168 valence electrons. The Morgan fingerprint density at radius 3 is 2.19 bits per heavy atom. The second-order valence-electron chi connectivity index (χ2n) is 7.84. The predicted molar refractivity (Wildman–Crippen MR) is 123 cm³/mol. The number of ether oxygens (including phenoxy) is 2. The Labute approximate surface area is 188 Å². The van der Waals surface area contributed by atoms with Crippen molar-refractivity contribution in [1.29, 1.82) is 0 Å². The number of anilines is 1. The van der Waals surface area contributed by atoms with Crippen molar-refractivity contribution in [2.45, 2.75) is 13.1 Å². The van der Waals surface area contributed by atoms with E-state index in [1.54, 1.807) is 37.6 Å². The van der Waals surface area contributed by atoms with Gasteiger partial charge in [0.25, 0.3) is 5.91 Å². The maximum atomic E-state index is 12.2. The summed E-state index contributed by atoms with van der Waals surface area (Å²) in [4.78, 5) is 17.0.